The number of para-hydroxylation sites is 2. The number of carbonyl (C=O) groups is 2. The molecule has 0 fully saturated rings. The van der Waals surface area contributed by atoms with Crippen LogP contribution in [0.1, 0.15) is 27.7 Å². The molecule has 134 valence electrons. The van der Waals surface area contributed by atoms with Crippen LogP contribution in [0.2, 0.25) is 0 Å². The van der Waals surface area contributed by atoms with Gasteiger partial charge < -0.3 is 20.3 Å². The molecule has 6 heteroatoms. The average Bonchev–Trinajstić information content (AvgIpc) is 2.54. The number of anilines is 1. The summed E-state index contributed by atoms with van der Waals surface area (Å²) in [5.41, 5.74) is 0.637. The highest BCUT2D eigenvalue weighted by molar-refractivity contribution is 5.93. The van der Waals surface area contributed by atoms with Crippen molar-refractivity contribution in [1.82, 2.24) is 5.32 Å². The van der Waals surface area contributed by atoms with Gasteiger partial charge in [0.25, 0.3) is 11.8 Å². The van der Waals surface area contributed by atoms with Crippen LogP contribution in [0.5, 0.6) is 5.75 Å². The molecule has 0 aliphatic heterocycles. The molecular weight excluding hydrogens is 306 g/mol. The first-order valence-electron chi connectivity index (χ1n) is 8.43. The summed E-state index contributed by atoms with van der Waals surface area (Å²) in [4.78, 5) is 25.2. The zero-order chi connectivity index (χ0) is 18.1. The van der Waals surface area contributed by atoms with Crippen LogP contribution in [0.25, 0.3) is 0 Å². The zero-order valence-corrected chi connectivity index (χ0v) is 15.3. The second kappa shape index (κ2) is 9.93. The number of quaternary nitrogens is 1. The average molecular weight is 336 g/mol. The summed E-state index contributed by atoms with van der Waals surface area (Å²) in [6.45, 7) is 9.30. The molecule has 1 aromatic rings. The summed E-state index contributed by atoms with van der Waals surface area (Å²) in [5.74, 6) is 0.833. The summed E-state index contributed by atoms with van der Waals surface area (Å²) < 4.78 is 5.22. The highest BCUT2D eigenvalue weighted by Gasteiger charge is 2.19. The van der Waals surface area contributed by atoms with Gasteiger partial charge in [-0.25, -0.2) is 0 Å². The monoisotopic (exact) mass is 336 g/mol. The minimum Gasteiger partial charge on any atom is -0.495 e. The first-order chi connectivity index (χ1) is 11.4. The normalized spacial score (nSPS) is 13.2. The Balaban J connectivity index is 2.55. The maximum atomic E-state index is 12.2. The van der Waals surface area contributed by atoms with Gasteiger partial charge in [-0.3, -0.25) is 9.59 Å². The Morgan fingerprint density at radius 2 is 1.75 bits per heavy atom. The molecule has 2 amide bonds. The number of benzene rings is 1. The molecule has 0 saturated heterocycles. The van der Waals surface area contributed by atoms with Crippen molar-refractivity contribution in [2.75, 3.05) is 32.1 Å². The van der Waals surface area contributed by atoms with Gasteiger partial charge in [0.15, 0.2) is 13.1 Å². The molecular formula is C18H30N3O3+. The molecule has 0 aliphatic carbocycles. The first kappa shape index (κ1) is 20.0. The molecule has 0 heterocycles. The van der Waals surface area contributed by atoms with Crippen molar-refractivity contribution in [3.63, 3.8) is 0 Å². The van der Waals surface area contributed by atoms with Gasteiger partial charge in [0, 0.05) is 6.04 Å². The largest absolute Gasteiger partial charge is 0.495 e. The van der Waals surface area contributed by atoms with E-state index in [0.717, 1.165) is 4.90 Å². The standard InChI is InChI=1S/C18H29N3O3/c1-6-21(11-17(22)19-14(4)13(2)3)12-18(23)20-15-9-7-8-10-16(15)24-5/h7-10,13-14H,6,11-12H2,1-5H3,(H,19,22)(H,20,23)/p+1/t14-/m0/s1. The van der Waals surface area contributed by atoms with E-state index < -0.39 is 0 Å². The fourth-order valence-electron chi connectivity index (χ4n) is 2.18. The predicted molar refractivity (Wildman–Crippen MR) is 95.3 cm³/mol. The second-order valence-corrected chi connectivity index (χ2v) is 6.31. The van der Waals surface area contributed by atoms with E-state index in [-0.39, 0.29) is 30.9 Å². The van der Waals surface area contributed by atoms with E-state index in [1.165, 1.54) is 0 Å². The van der Waals surface area contributed by atoms with Crippen LogP contribution in [0.4, 0.5) is 5.69 Å². The maximum absolute atomic E-state index is 12.2. The quantitative estimate of drug-likeness (QED) is 0.622. The number of rotatable bonds is 9. The number of ether oxygens (including phenoxy) is 1. The van der Waals surface area contributed by atoms with Crippen LogP contribution >= 0.6 is 0 Å². The number of likely N-dealkylation sites (N-methyl/N-ethyl adjacent to an activating group) is 1. The lowest BCUT2D eigenvalue weighted by Crippen LogP contribution is -3.14. The van der Waals surface area contributed by atoms with Crippen LogP contribution < -0.4 is 20.3 Å². The first-order valence-corrected chi connectivity index (χ1v) is 8.43. The van der Waals surface area contributed by atoms with Gasteiger partial charge in [-0.1, -0.05) is 26.0 Å². The van der Waals surface area contributed by atoms with Crippen molar-refractivity contribution in [3.05, 3.63) is 24.3 Å². The molecule has 24 heavy (non-hydrogen) atoms. The Morgan fingerprint density at radius 1 is 1.12 bits per heavy atom. The van der Waals surface area contributed by atoms with Gasteiger partial charge in [-0.15, -0.1) is 0 Å². The molecule has 3 N–H and O–H groups in total. The Labute approximate surface area is 144 Å². The fourth-order valence-corrected chi connectivity index (χ4v) is 2.18. The third kappa shape index (κ3) is 6.58. The van der Waals surface area contributed by atoms with E-state index in [0.29, 0.717) is 23.9 Å². The van der Waals surface area contributed by atoms with Crippen molar-refractivity contribution in [2.45, 2.75) is 33.7 Å². The number of amides is 2. The van der Waals surface area contributed by atoms with Crippen LogP contribution in [0.3, 0.4) is 0 Å². The van der Waals surface area contributed by atoms with E-state index in [2.05, 4.69) is 24.5 Å². The molecule has 0 spiro atoms. The van der Waals surface area contributed by atoms with Gasteiger partial charge in [0.1, 0.15) is 5.75 Å². The summed E-state index contributed by atoms with van der Waals surface area (Å²) in [6.07, 6.45) is 0. The van der Waals surface area contributed by atoms with E-state index in [4.69, 9.17) is 4.74 Å². The molecule has 0 aliphatic rings. The lowest BCUT2D eigenvalue weighted by Gasteiger charge is -2.21. The number of nitrogens with one attached hydrogen (secondary N) is 3. The van der Waals surface area contributed by atoms with Crippen molar-refractivity contribution >= 4 is 17.5 Å². The molecule has 1 unspecified atom stereocenters. The molecule has 0 aromatic heterocycles. The number of hydrogen-bond acceptors (Lipinski definition) is 3. The van der Waals surface area contributed by atoms with Crippen LogP contribution in [0, 0.1) is 5.92 Å². The molecule has 0 radical (unpaired) electrons. The van der Waals surface area contributed by atoms with Crippen molar-refractivity contribution in [2.24, 2.45) is 5.92 Å². The van der Waals surface area contributed by atoms with Crippen LogP contribution in [-0.4, -0.2) is 44.6 Å². The number of carbonyl (C=O) groups excluding carboxylic acids is 2. The lowest BCUT2D eigenvalue weighted by atomic mass is 10.1. The van der Waals surface area contributed by atoms with E-state index in [1.807, 2.05) is 26.0 Å². The van der Waals surface area contributed by atoms with Gasteiger partial charge in [0.05, 0.1) is 19.3 Å². The number of methoxy groups -OCH3 is 1. The zero-order valence-electron chi connectivity index (χ0n) is 15.3. The topological polar surface area (TPSA) is 71.9 Å². The molecule has 2 atom stereocenters. The smallest absolute Gasteiger partial charge is 0.279 e. The number of hydrogen-bond donors (Lipinski definition) is 3. The van der Waals surface area contributed by atoms with E-state index in [9.17, 15) is 9.59 Å². The third-order valence-electron chi connectivity index (χ3n) is 4.09. The van der Waals surface area contributed by atoms with E-state index >= 15 is 0 Å². The third-order valence-corrected chi connectivity index (χ3v) is 4.09. The SMILES string of the molecule is CC[NH+](CC(=O)Nc1ccccc1OC)CC(=O)N[C@@H](C)C(C)C. The van der Waals surface area contributed by atoms with Crippen molar-refractivity contribution in [3.8, 4) is 5.75 Å². The summed E-state index contributed by atoms with van der Waals surface area (Å²) in [5, 5.41) is 5.82. The van der Waals surface area contributed by atoms with Gasteiger partial charge in [0.2, 0.25) is 0 Å². The highest BCUT2D eigenvalue weighted by atomic mass is 16.5. The summed E-state index contributed by atoms with van der Waals surface area (Å²) >= 11 is 0. The molecule has 1 rings (SSSR count). The molecule has 1 aromatic carbocycles. The molecule has 0 saturated carbocycles. The summed E-state index contributed by atoms with van der Waals surface area (Å²) in [7, 11) is 1.56. The van der Waals surface area contributed by atoms with Gasteiger partial charge in [-0.2, -0.15) is 0 Å². The minimum atomic E-state index is -0.138. The Kier molecular flexibility index (Phi) is 8.26. The fraction of sp³-hybridized carbons (Fsp3) is 0.556. The van der Waals surface area contributed by atoms with Crippen molar-refractivity contribution < 1.29 is 19.2 Å². The predicted octanol–water partition coefficient (Wildman–Crippen LogP) is 0.699. The molecule has 6 nitrogen and oxygen atoms in total. The van der Waals surface area contributed by atoms with Crippen LogP contribution in [-0.2, 0) is 9.59 Å². The minimum absolute atomic E-state index is 0.0295. The van der Waals surface area contributed by atoms with E-state index in [1.54, 1.807) is 19.2 Å². The summed E-state index contributed by atoms with van der Waals surface area (Å²) in [6, 6.07) is 7.39. The second-order valence-electron chi connectivity index (χ2n) is 6.31. The Hall–Kier alpha value is -2.08. The molecule has 0 bridgehead atoms. The lowest BCUT2D eigenvalue weighted by molar-refractivity contribution is -0.881. The van der Waals surface area contributed by atoms with Gasteiger partial charge in [-0.05, 0) is 31.9 Å². The van der Waals surface area contributed by atoms with Crippen LogP contribution in [0.15, 0.2) is 24.3 Å². The highest BCUT2D eigenvalue weighted by Crippen LogP contribution is 2.22. The Morgan fingerprint density at radius 3 is 2.33 bits per heavy atom. The van der Waals surface area contributed by atoms with Gasteiger partial charge >= 0.3 is 0 Å². The Bertz CT molecular complexity index is 546. The van der Waals surface area contributed by atoms with Crippen molar-refractivity contribution in [1.29, 1.82) is 0 Å². The maximum Gasteiger partial charge on any atom is 0.279 e.